The van der Waals surface area contributed by atoms with Crippen LogP contribution < -0.4 is 5.56 Å². The molecule has 1 aliphatic heterocycles. The number of carboxylic acids is 1. The monoisotopic (exact) mass is 416 g/mol. The maximum Gasteiger partial charge on any atom is 0.323 e. The summed E-state index contributed by atoms with van der Waals surface area (Å²) >= 11 is 6.15. The molecule has 1 aliphatic rings. The van der Waals surface area contributed by atoms with Crippen LogP contribution in [0.5, 0.6) is 0 Å². The average Bonchev–Trinajstić information content (AvgIpc) is 3.25. The van der Waals surface area contributed by atoms with E-state index in [4.69, 9.17) is 20.9 Å². The SMILES string of the molecule is COC(Cn1oc(-c2ccccc2)c(Cl)c1=O)C(C(=O)O)N1CCCC1.Cl. The zero-order valence-electron chi connectivity index (χ0n) is 14.8. The zero-order valence-corrected chi connectivity index (χ0v) is 16.4. The Bertz CT molecular complexity index is 815. The molecule has 1 aromatic carbocycles. The van der Waals surface area contributed by atoms with Crippen molar-refractivity contribution >= 4 is 30.0 Å². The Kier molecular flexibility index (Phi) is 7.49. The molecule has 1 fully saturated rings. The number of hydrogen-bond donors (Lipinski definition) is 1. The summed E-state index contributed by atoms with van der Waals surface area (Å²) in [5, 5.41) is 9.63. The Morgan fingerprint density at radius 2 is 1.93 bits per heavy atom. The molecule has 1 saturated heterocycles. The van der Waals surface area contributed by atoms with Crippen LogP contribution in [0.3, 0.4) is 0 Å². The number of methoxy groups -OCH3 is 1. The van der Waals surface area contributed by atoms with Crippen LogP contribution in [0.4, 0.5) is 0 Å². The standard InChI is InChI=1S/C18H21ClN2O5.ClH/c1-25-13(15(18(23)24)20-9-5-6-10-20)11-21-17(22)14(19)16(26-21)12-7-3-2-4-8-12;/h2-4,7-8,13,15H,5-6,9-11H2,1H3,(H,23,24);1H. The Hall–Kier alpha value is -1.80. The molecule has 0 radical (unpaired) electrons. The topological polar surface area (TPSA) is 84.9 Å². The van der Waals surface area contributed by atoms with Gasteiger partial charge in [0.1, 0.15) is 12.1 Å². The zero-order chi connectivity index (χ0) is 18.7. The van der Waals surface area contributed by atoms with Crippen molar-refractivity contribution in [2.45, 2.75) is 31.5 Å². The maximum atomic E-state index is 12.4. The summed E-state index contributed by atoms with van der Waals surface area (Å²) in [6.45, 7) is 1.36. The van der Waals surface area contributed by atoms with Gasteiger partial charge in [0.05, 0.1) is 6.54 Å². The Morgan fingerprint density at radius 3 is 2.48 bits per heavy atom. The van der Waals surface area contributed by atoms with Crippen molar-refractivity contribution in [1.82, 2.24) is 9.64 Å². The molecular weight excluding hydrogens is 395 g/mol. The van der Waals surface area contributed by atoms with E-state index < -0.39 is 23.7 Å². The molecule has 1 N–H and O–H groups in total. The fourth-order valence-electron chi connectivity index (χ4n) is 3.32. The van der Waals surface area contributed by atoms with Gasteiger partial charge in [0.2, 0.25) is 0 Å². The van der Waals surface area contributed by atoms with E-state index in [9.17, 15) is 14.7 Å². The Labute approximate surface area is 167 Å². The highest BCUT2D eigenvalue weighted by Crippen LogP contribution is 2.26. The van der Waals surface area contributed by atoms with Gasteiger partial charge in [-0.05, 0) is 25.9 Å². The van der Waals surface area contributed by atoms with Crippen LogP contribution >= 0.6 is 24.0 Å². The number of hydrogen-bond acceptors (Lipinski definition) is 5. The number of aliphatic carboxylic acids is 1. The van der Waals surface area contributed by atoms with Crippen LogP contribution in [-0.4, -0.2) is 53.1 Å². The third-order valence-electron chi connectivity index (χ3n) is 4.64. The van der Waals surface area contributed by atoms with E-state index in [1.165, 1.54) is 7.11 Å². The third kappa shape index (κ3) is 4.55. The molecule has 0 amide bonds. The van der Waals surface area contributed by atoms with E-state index in [1.54, 1.807) is 12.1 Å². The number of likely N-dealkylation sites (tertiary alicyclic amines) is 1. The lowest BCUT2D eigenvalue weighted by Gasteiger charge is -2.29. The number of rotatable bonds is 7. The molecule has 27 heavy (non-hydrogen) atoms. The van der Waals surface area contributed by atoms with Gasteiger partial charge in [0, 0.05) is 12.7 Å². The predicted octanol–water partition coefficient (Wildman–Crippen LogP) is 2.75. The number of aromatic nitrogens is 1. The van der Waals surface area contributed by atoms with Gasteiger partial charge in [-0.25, -0.2) is 0 Å². The highest BCUT2D eigenvalue weighted by Gasteiger charge is 2.36. The van der Waals surface area contributed by atoms with Crippen molar-refractivity contribution in [3.05, 3.63) is 45.7 Å². The molecule has 148 valence electrons. The summed E-state index contributed by atoms with van der Waals surface area (Å²) in [6, 6.07) is 8.20. The van der Waals surface area contributed by atoms with Gasteiger partial charge in [-0.1, -0.05) is 41.9 Å². The van der Waals surface area contributed by atoms with Crippen LogP contribution in [0, 0.1) is 0 Å². The Balaban J connectivity index is 0.00000261. The van der Waals surface area contributed by atoms with E-state index >= 15 is 0 Å². The second-order valence-corrected chi connectivity index (χ2v) is 6.64. The molecule has 3 rings (SSSR count). The minimum Gasteiger partial charge on any atom is -0.480 e. The van der Waals surface area contributed by atoms with E-state index in [2.05, 4.69) is 0 Å². The summed E-state index contributed by atoms with van der Waals surface area (Å²) in [6.07, 6.45) is 1.16. The van der Waals surface area contributed by atoms with E-state index in [0.717, 1.165) is 17.6 Å². The molecule has 7 nitrogen and oxygen atoms in total. The molecule has 0 aliphatic carbocycles. The largest absolute Gasteiger partial charge is 0.480 e. The molecule has 9 heteroatoms. The summed E-state index contributed by atoms with van der Waals surface area (Å²) in [5.74, 6) is -0.715. The number of benzene rings is 1. The first-order valence-corrected chi connectivity index (χ1v) is 8.85. The predicted molar refractivity (Wildman–Crippen MR) is 104 cm³/mol. The van der Waals surface area contributed by atoms with Crippen LogP contribution in [0.1, 0.15) is 12.8 Å². The first-order valence-electron chi connectivity index (χ1n) is 8.47. The van der Waals surface area contributed by atoms with Gasteiger partial charge in [0.15, 0.2) is 10.8 Å². The average molecular weight is 417 g/mol. The van der Waals surface area contributed by atoms with Crippen LogP contribution in [0.2, 0.25) is 5.02 Å². The second-order valence-electron chi connectivity index (χ2n) is 6.27. The molecule has 0 saturated carbocycles. The van der Waals surface area contributed by atoms with Gasteiger partial charge in [-0.2, -0.15) is 4.74 Å². The lowest BCUT2D eigenvalue weighted by atomic mass is 10.1. The van der Waals surface area contributed by atoms with Gasteiger partial charge >= 0.3 is 11.5 Å². The first kappa shape index (κ1) is 21.5. The van der Waals surface area contributed by atoms with Crippen molar-refractivity contribution in [1.29, 1.82) is 0 Å². The van der Waals surface area contributed by atoms with Crippen LogP contribution in [0.15, 0.2) is 39.6 Å². The molecule has 1 aromatic heterocycles. The maximum absolute atomic E-state index is 12.4. The highest BCUT2D eigenvalue weighted by molar-refractivity contribution is 6.32. The van der Waals surface area contributed by atoms with Crippen molar-refractivity contribution < 1.29 is 19.2 Å². The van der Waals surface area contributed by atoms with Crippen molar-refractivity contribution in [3.63, 3.8) is 0 Å². The number of nitrogens with zero attached hydrogens (tertiary/aromatic N) is 2. The quantitative estimate of drug-likeness (QED) is 0.746. The Morgan fingerprint density at radius 1 is 1.30 bits per heavy atom. The second kappa shape index (κ2) is 9.41. The molecule has 2 atom stereocenters. The molecular formula is C18H22Cl2N2O5. The fourth-order valence-corrected chi connectivity index (χ4v) is 3.56. The van der Waals surface area contributed by atoms with Gasteiger partial charge < -0.3 is 14.4 Å². The van der Waals surface area contributed by atoms with Gasteiger partial charge in [0.25, 0.3) is 0 Å². The minimum absolute atomic E-state index is 0. The van der Waals surface area contributed by atoms with Crippen LogP contribution in [-0.2, 0) is 16.1 Å². The van der Waals surface area contributed by atoms with Crippen molar-refractivity contribution in [3.8, 4) is 11.3 Å². The summed E-state index contributed by atoms with van der Waals surface area (Å²) in [5.41, 5.74) is 0.176. The highest BCUT2D eigenvalue weighted by atomic mass is 35.5. The summed E-state index contributed by atoms with van der Waals surface area (Å²) in [7, 11) is 1.43. The fraction of sp³-hybridized carbons (Fsp3) is 0.444. The summed E-state index contributed by atoms with van der Waals surface area (Å²) < 4.78 is 12.1. The number of ether oxygens (including phenoxy) is 1. The number of carboxylic acid groups (broad SMARTS) is 1. The molecule has 2 unspecified atom stereocenters. The first-order chi connectivity index (χ1) is 12.5. The minimum atomic E-state index is -0.979. The van der Waals surface area contributed by atoms with E-state index in [0.29, 0.717) is 18.7 Å². The van der Waals surface area contributed by atoms with E-state index in [1.807, 2.05) is 23.1 Å². The lowest BCUT2D eigenvalue weighted by molar-refractivity contribution is -0.149. The van der Waals surface area contributed by atoms with Gasteiger partial charge in [-0.15, -0.1) is 12.4 Å². The normalized spacial score (nSPS) is 16.7. The van der Waals surface area contributed by atoms with Gasteiger partial charge in [-0.3, -0.25) is 14.5 Å². The molecule has 2 heterocycles. The summed E-state index contributed by atoms with van der Waals surface area (Å²) in [4.78, 5) is 26.1. The van der Waals surface area contributed by atoms with Crippen LogP contribution in [0.25, 0.3) is 11.3 Å². The van der Waals surface area contributed by atoms with E-state index in [-0.39, 0.29) is 29.7 Å². The number of carbonyl (C=O) groups is 1. The van der Waals surface area contributed by atoms with Crippen molar-refractivity contribution in [2.75, 3.05) is 20.2 Å². The van der Waals surface area contributed by atoms with Crippen molar-refractivity contribution in [2.24, 2.45) is 0 Å². The molecule has 0 bridgehead atoms. The lowest BCUT2D eigenvalue weighted by Crippen LogP contribution is -2.50. The molecule has 2 aromatic rings. The molecule has 0 spiro atoms. The smallest absolute Gasteiger partial charge is 0.323 e. The number of halogens is 2. The third-order valence-corrected chi connectivity index (χ3v) is 4.97.